The van der Waals surface area contributed by atoms with Crippen molar-refractivity contribution in [1.82, 2.24) is 24.7 Å². The van der Waals surface area contributed by atoms with E-state index in [4.69, 9.17) is 14.7 Å². The number of fused-ring (bicyclic) bond motifs is 1. The molecular weight excluding hydrogens is 378 g/mol. The first-order valence-corrected chi connectivity index (χ1v) is 10.2. The summed E-state index contributed by atoms with van der Waals surface area (Å²) in [6, 6.07) is 14.7. The Bertz CT molecular complexity index is 1170. The number of nitrogens with one attached hydrogen (secondary N) is 3. The highest BCUT2D eigenvalue weighted by molar-refractivity contribution is 5.86. The second-order valence-electron chi connectivity index (χ2n) is 7.70. The molecule has 1 saturated heterocycles. The fourth-order valence-electron chi connectivity index (χ4n) is 3.87. The lowest BCUT2D eigenvalue weighted by Gasteiger charge is -2.24. The van der Waals surface area contributed by atoms with Crippen LogP contribution >= 0.6 is 0 Å². The van der Waals surface area contributed by atoms with Crippen molar-refractivity contribution >= 4 is 28.4 Å². The highest BCUT2D eigenvalue weighted by Crippen LogP contribution is 2.28. The number of hydrogen-bond donors (Lipinski definition) is 3. The zero-order chi connectivity index (χ0) is 20.5. The van der Waals surface area contributed by atoms with E-state index in [9.17, 15) is 0 Å². The average Bonchev–Trinajstić information content (AvgIpc) is 3.31. The SMILES string of the molecule is Cc1cc(Nc2cc(NC3CCOCC3)nc(-c3cc4ccccc4n3C)n2)n[nH]1. The summed E-state index contributed by atoms with van der Waals surface area (Å²) in [5, 5.41) is 15.3. The minimum absolute atomic E-state index is 0.342. The number of para-hydroxylation sites is 1. The maximum Gasteiger partial charge on any atom is 0.180 e. The van der Waals surface area contributed by atoms with Crippen molar-refractivity contribution in [1.29, 1.82) is 0 Å². The van der Waals surface area contributed by atoms with Crippen LogP contribution in [0.2, 0.25) is 0 Å². The first kappa shape index (κ1) is 18.6. The number of anilines is 3. The van der Waals surface area contributed by atoms with Gasteiger partial charge < -0.3 is 19.9 Å². The van der Waals surface area contributed by atoms with Gasteiger partial charge in [-0.15, -0.1) is 0 Å². The Balaban J connectivity index is 1.54. The van der Waals surface area contributed by atoms with Gasteiger partial charge in [0.05, 0.1) is 5.69 Å². The number of aromatic amines is 1. The molecule has 5 rings (SSSR count). The Kier molecular flexibility index (Phi) is 4.84. The zero-order valence-corrected chi connectivity index (χ0v) is 17.1. The number of H-pyrrole nitrogens is 1. The lowest BCUT2D eigenvalue weighted by molar-refractivity contribution is 0.0904. The van der Waals surface area contributed by atoms with E-state index >= 15 is 0 Å². The molecule has 3 aromatic heterocycles. The first-order chi connectivity index (χ1) is 14.7. The van der Waals surface area contributed by atoms with Crippen molar-refractivity contribution in [3.8, 4) is 11.5 Å². The van der Waals surface area contributed by atoms with Crippen molar-refractivity contribution in [2.75, 3.05) is 23.8 Å². The normalized spacial score (nSPS) is 14.9. The summed E-state index contributed by atoms with van der Waals surface area (Å²) in [5.74, 6) is 2.89. The molecule has 0 aliphatic carbocycles. The molecule has 8 nitrogen and oxygen atoms in total. The summed E-state index contributed by atoms with van der Waals surface area (Å²) in [6.45, 7) is 3.52. The van der Waals surface area contributed by atoms with Gasteiger partial charge >= 0.3 is 0 Å². The van der Waals surface area contributed by atoms with E-state index in [-0.39, 0.29) is 0 Å². The molecule has 154 valence electrons. The molecule has 3 N–H and O–H groups in total. The van der Waals surface area contributed by atoms with Crippen LogP contribution in [0.3, 0.4) is 0 Å². The number of hydrogen-bond acceptors (Lipinski definition) is 6. The molecule has 0 radical (unpaired) electrons. The first-order valence-electron chi connectivity index (χ1n) is 10.2. The Morgan fingerprint density at radius 1 is 1.03 bits per heavy atom. The van der Waals surface area contributed by atoms with E-state index in [1.54, 1.807) is 0 Å². The predicted octanol–water partition coefficient (Wildman–Crippen LogP) is 4.00. The van der Waals surface area contributed by atoms with E-state index < -0.39 is 0 Å². The Hall–Kier alpha value is -3.39. The second kappa shape index (κ2) is 7.79. The number of aromatic nitrogens is 5. The molecule has 0 bridgehead atoms. The molecule has 4 aromatic rings. The molecule has 8 heteroatoms. The molecule has 1 aromatic carbocycles. The minimum atomic E-state index is 0.342. The smallest absolute Gasteiger partial charge is 0.180 e. The maximum absolute atomic E-state index is 5.48. The topological polar surface area (TPSA) is 92.7 Å². The quantitative estimate of drug-likeness (QED) is 0.466. The van der Waals surface area contributed by atoms with Gasteiger partial charge in [0.2, 0.25) is 0 Å². The summed E-state index contributed by atoms with van der Waals surface area (Å²) >= 11 is 0. The zero-order valence-electron chi connectivity index (χ0n) is 17.1. The summed E-state index contributed by atoms with van der Waals surface area (Å²) < 4.78 is 7.62. The average molecular weight is 403 g/mol. The van der Waals surface area contributed by atoms with Crippen LogP contribution in [-0.2, 0) is 11.8 Å². The van der Waals surface area contributed by atoms with E-state index in [1.165, 1.54) is 5.39 Å². The van der Waals surface area contributed by atoms with Crippen molar-refractivity contribution < 1.29 is 4.74 Å². The predicted molar refractivity (Wildman–Crippen MR) is 118 cm³/mol. The van der Waals surface area contributed by atoms with Gasteiger partial charge in [-0.05, 0) is 31.9 Å². The third-order valence-electron chi connectivity index (χ3n) is 5.44. The summed E-state index contributed by atoms with van der Waals surface area (Å²) in [7, 11) is 2.05. The van der Waals surface area contributed by atoms with Gasteiger partial charge in [0, 0.05) is 55.0 Å². The molecule has 4 heterocycles. The third kappa shape index (κ3) is 3.73. The van der Waals surface area contributed by atoms with E-state index in [0.29, 0.717) is 17.7 Å². The van der Waals surface area contributed by atoms with Crippen LogP contribution in [0, 0.1) is 6.92 Å². The molecule has 0 saturated carbocycles. The Labute approximate surface area is 174 Å². The number of nitrogens with zero attached hydrogens (tertiary/aromatic N) is 4. The fourth-order valence-corrected chi connectivity index (χ4v) is 3.87. The van der Waals surface area contributed by atoms with Crippen LogP contribution < -0.4 is 10.6 Å². The summed E-state index contributed by atoms with van der Waals surface area (Å²) in [6.07, 6.45) is 1.93. The minimum Gasteiger partial charge on any atom is -0.381 e. The summed E-state index contributed by atoms with van der Waals surface area (Å²) in [5.41, 5.74) is 3.10. The molecular formula is C22H25N7O. The van der Waals surface area contributed by atoms with Crippen molar-refractivity contribution in [2.24, 2.45) is 7.05 Å². The van der Waals surface area contributed by atoms with Crippen LogP contribution in [-0.4, -0.2) is 44.0 Å². The monoisotopic (exact) mass is 403 g/mol. The van der Waals surface area contributed by atoms with Gasteiger partial charge in [0.1, 0.15) is 11.6 Å². The van der Waals surface area contributed by atoms with Crippen molar-refractivity contribution in [3.05, 3.63) is 48.2 Å². The lowest BCUT2D eigenvalue weighted by Crippen LogP contribution is -2.28. The van der Waals surface area contributed by atoms with Crippen LogP contribution in [0.4, 0.5) is 17.5 Å². The van der Waals surface area contributed by atoms with Crippen LogP contribution in [0.1, 0.15) is 18.5 Å². The van der Waals surface area contributed by atoms with E-state index in [0.717, 1.165) is 54.6 Å². The molecule has 0 amide bonds. The molecule has 0 unspecified atom stereocenters. The number of rotatable bonds is 5. The molecule has 0 atom stereocenters. The van der Waals surface area contributed by atoms with E-state index in [2.05, 4.69) is 43.6 Å². The molecule has 1 fully saturated rings. The highest BCUT2D eigenvalue weighted by atomic mass is 16.5. The van der Waals surface area contributed by atoms with Gasteiger partial charge in [-0.1, -0.05) is 18.2 Å². The van der Waals surface area contributed by atoms with Gasteiger partial charge in [-0.25, -0.2) is 9.97 Å². The molecule has 0 spiro atoms. The summed E-state index contributed by atoms with van der Waals surface area (Å²) in [4.78, 5) is 9.64. The number of aryl methyl sites for hydroxylation is 2. The van der Waals surface area contributed by atoms with Crippen molar-refractivity contribution in [2.45, 2.75) is 25.8 Å². The van der Waals surface area contributed by atoms with Gasteiger partial charge in [0.15, 0.2) is 11.6 Å². The Morgan fingerprint density at radius 3 is 2.60 bits per heavy atom. The molecule has 30 heavy (non-hydrogen) atoms. The lowest BCUT2D eigenvalue weighted by atomic mass is 10.1. The van der Waals surface area contributed by atoms with Crippen molar-refractivity contribution in [3.63, 3.8) is 0 Å². The van der Waals surface area contributed by atoms with Gasteiger partial charge in [-0.2, -0.15) is 5.10 Å². The standard InChI is InChI=1S/C22H25N7O/c1-14-11-21(28-27-14)24-20-13-19(23-16-7-9-30-10-8-16)25-22(26-20)18-12-15-5-3-4-6-17(15)29(18)2/h3-6,11-13,16H,7-10H2,1-2H3,(H3,23,24,25,26,27,28). The van der Waals surface area contributed by atoms with Crippen LogP contribution in [0.5, 0.6) is 0 Å². The maximum atomic E-state index is 5.48. The van der Waals surface area contributed by atoms with Crippen LogP contribution in [0.15, 0.2) is 42.5 Å². The fraction of sp³-hybridized carbons (Fsp3) is 0.318. The highest BCUT2D eigenvalue weighted by Gasteiger charge is 2.17. The molecule has 1 aliphatic rings. The molecule has 1 aliphatic heterocycles. The third-order valence-corrected chi connectivity index (χ3v) is 5.44. The van der Waals surface area contributed by atoms with E-state index in [1.807, 2.05) is 38.2 Å². The van der Waals surface area contributed by atoms with Gasteiger partial charge in [-0.3, -0.25) is 5.10 Å². The number of ether oxygens (including phenoxy) is 1. The second-order valence-corrected chi connectivity index (χ2v) is 7.70. The largest absolute Gasteiger partial charge is 0.381 e. The van der Waals surface area contributed by atoms with Gasteiger partial charge in [0.25, 0.3) is 0 Å². The van der Waals surface area contributed by atoms with Crippen LogP contribution in [0.25, 0.3) is 22.4 Å². The Morgan fingerprint density at radius 2 is 1.83 bits per heavy atom. The number of benzene rings is 1.